The Morgan fingerprint density at radius 3 is 2.33 bits per heavy atom. The van der Waals surface area contributed by atoms with E-state index in [0.29, 0.717) is 25.9 Å². The molecule has 0 spiro atoms. The van der Waals surface area contributed by atoms with Gasteiger partial charge in [-0.25, -0.2) is 12.7 Å². The number of sulfonamides is 1. The second kappa shape index (κ2) is 9.85. The molecule has 0 radical (unpaired) electrons. The van der Waals surface area contributed by atoms with Gasteiger partial charge in [0.2, 0.25) is 15.9 Å². The number of ether oxygens (including phenoxy) is 1. The van der Waals surface area contributed by atoms with Gasteiger partial charge in [-0.15, -0.1) is 0 Å². The average Bonchev–Trinajstić information content (AvgIpc) is 2.84. The van der Waals surface area contributed by atoms with Crippen LogP contribution in [0.5, 0.6) is 5.75 Å². The van der Waals surface area contributed by atoms with Crippen LogP contribution >= 0.6 is 0 Å². The monoisotopic (exact) mass is 470 g/mol. The zero-order valence-electron chi connectivity index (χ0n) is 19.5. The number of rotatable bonds is 7. The van der Waals surface area contributed by atoms with Crippen molar-refractivity contribution < 1.29 is 17.9 Å². The van der Waals surface area contributed by atoms with Crippen molar-refractivity contribution in [3.05, 3.63) is 65.7 Å². The molecule has 4 rings (SSSR count). The fraction of sp³-hybridized carbons (Fsp3) is 0.500. The maximum absolute atomic E-state index is 13.2. The molecule has 2 aliphatic rings. The summed E-state index contributed by atoms with van der Waals surface area (Å²) in [5, 5.41) is 3.27. The number of benzene rings is 2. The van der Waals surface area contributed by atoms with Crippen LogP contribution in [0.2, 0.25) is 0 Å². The molecule has 178 valence electrons. The summed E-state index contributed by atoms with van der Waals surface area (Å²) in [6.07, 6.45) is 3.58. The summed E-state index contributed by atoms with van der Waals surface area (Å²) in [6.45, 7) is 5.01. The first-order valence-corrected chi connectivity index (χ1v) is 13.6. The molecule has 0 bridgehead atoms. The zero-order chi connectivity index (χ0) is 23.5. The predicted molar refractivity (Wildman–Crippen MR) is 129 cm³/mol. The fourth-order valence-electron chi connectivity index (χ4n) is 4.99. The smallest absolute Gasteiger partial charge is 0.223 e. The van der Waals surface area contributed by atoms with E-state index >= 15 is 0 Å². The van der Waals surface area contributed by atoms with Crippen LogP contribution in [0, 0.1) is 5.92 Å². The van der Waals surface area contributed by atoms with E-state index in [2.05, 4.69) is 19.2 Å². The highest BCUT2D eigenvalue weighted by Gasteiger charge is 2.40. The third-order valence-corrected chi connectivity index (χ3v) is 9.06. The van der Waals surface area contributed by atoms with Crippen LogP contribution in [0.25, 0.3) is 0 Å². The van der Waals surface area contributed by atoms with Gasteiger partial charge in [0.1, 0.15) is 11.4 Å². The molecule has 1 N–H and O–H groups in total. The van der Waals surface area contributed by atoms with Crippen molar-refractivity contribution in [2.75, 3.05) is 13.1 Å². The summed E-state index contributed by atoms with van der Waals surface area (Å²) in [4.78, 5) is 13.2. The highest BCUT2D eigenvalue weighted by Crippen LogP contribution is 2.42. The summed E-state index contributed by atoms with van der Waals surface area (Å²) in [5.41, 5.74) is 1.53. The van der Waals surface area contributed by atoms with E-state index in [1.54, 1.807) is 0 Å². The minimum Gasteiger partial charge on any atom is -0.487 e. The first-order chi connectivity index (χ1) is 15.9. The Morgan fingerprint density at radius 2 is 1.67 bits per heavy atom. The molecule has 33 heavy (non-hydrogen) atoms. The maximum atomic E-state index is 13.2. The minimum absolute atomic E-state index is 0.000318. The van der Waals surface area contributed by atoms with Gasteiger partial charge < -0.3 is 10.1 Å². The van der Waals surface area contributed by atoms with Gasteiger partial charge in [0.15, 0.2) is 0 Å². The van der Waals surface area contributed by atoms with Crippen molar-refractivity contribution in [1.29, 1.82) is 0 Å². The molecule has 0 saturated carbocycles. The minimum atomic E-state index is -3.39. The Hall–Kier alpha value is -2.38. The molecular formula is C26H34N2O4S. The van der Waals surface area contributed by atoms with Gasteiger partial charge in [0.25, 0.3) is 0 Å². The highest BCUT2D eigenvalue weighted by molar-refractivity contribution is 7.88. The van der Waals surface area contributed by atoms with Gasteiger partial charge in [-0.2, -0.15) is 0 Å². The van der Waals surface area contributed by atoms with Gasteiger partial charge >= 0.3 is 0 Å². The average molecular weight is 471 g/mol. The van der Waals surface area contributed by atoms with E-state index in [9.17, 15) is 13.2 Å². The van der Waals surface area contributed by atoms with E-state index in [-0.39, 0.29) is 29.2 Å². The van der Waals surface area contributed by atoms with Crippen LogP contribution in [0.3, 0.4) is 0 Å². The summed E-state index contributed by atoms with van der Waals surface area (Å²) in [5.74, 6) is 0.679. The maximum Gasteiger partial charge on any atom is 0.223 e. The standard InChI is InChI=1S/C26H34N2O4S/c1-3-26(4-2)18-23(22-12-8-9-13-24(22)32-26)27-25(29)21-14-16-28(17-15-21)33(30,31)19-20-10-6-5-7-11-20/h5-13,21,23H,3-4,14-19H2,1-2H3,(H,27,29). The van der Waals surface area contributed by atoms with Gasteiger partial charge in [-0.05, 0) is 37.3 Å². The molecule has 1 amide bonds. The molecule has 2 heterocycles. The number of carbonyl (C=O) groups excluding carboxylic acids is 1. The molecule has 2 aromatic rings. The normalized spacial score (nSPS) is 21.1. The van der Waals surface area contributed by atoms with Crippen molar-refractivity contribution in [1.82, 2.24) is 9.62 Å². The third-order valence-electron chi connectivity index (χ3n) is 7.21. The van der Waals surface area contributed by atoms with Crippen LogP contribution in [-0.2, 0) is 20.6 Å². The Labute approximate surface area is 197 Å². The molecule has 1 unspecified atom stereocenters. The predicted octanol–water partition coefficient (Wildman–Crippen LogP) is 4.43. The van der Waals surface area contributed by atoms with Crippen LogP contribution in [0.1, 0.15) is 63.1 Å². The molecule has 2 aromatic carbocycles. The van der Waals surface area contributed by atoms with Crippen LogP contribution in [0.4, 0.5) is 0 Å². The van der Waals surface area contributed by atoms with Crippen LogP contribution in [0.15, 0.2) is 54.6 Å². The summed E-state index contributed by atoms with van der Waals surface area (Å²) < 4.78 is 33.6. The van der Waals surface area contributed by atoms with E-state index in [4.69, 9.17) is 4.74 Å². The van der Waals surface area contributed by atoms with Crippen molar-refractivity contribution in [2.45, 2.75) is 63.3 Å². The van der Waals surface area contributed by atoms with Crippen LogP contribution < -0.4 is 10.1 Å². The van der Waals surface area contributed by atoms with Gasteiger partial charge in [-0.1, -0.05) is 62.4 Å². The van der Waals surface area contributed by atoms with Gasteiger partial charge in [0.05, 0.1) is 11.8 Å². The summed E-state index contributed by atoms with van der Waals surface area (Å²) in [6, 6.07) is 17.1. The van der Waals surface area contributed by atoms with Crippen molar-refractivity contribution in [3.8, 4) is 5.75 Å². The Morgan fingerprint density at radius 1 is 1.03 bits per heavy atom. The van der Waals surface area contributed by atoms with Crippen molar-refractivity contribution in [2.24, 2.45) is 5.92 Å². The summed E-state index contributed by atoms with van der Waals surface area (Å²) >= 11 is 0. The number of hydrogen-bond donors (Lipinski definition) is 1. The fourth-order valence-corrected chi connectivity index (χ4v) is 6.56. The molecule has 6 nitrogen and oxygen atoms in total. The van der Waals surface area contributed by atoms with Gasteiger partial charge in [0, 0.05) is 31.0 Å². The number of fused-ring (bicyclic) bond motifs is 1. The second-order valence-electron chi connectivity index (χ2n) is 9.21. The van der Waals surface area contributed by atoms with E-state index in [1.165, 1.54) is 4.31 Å². The number of amides is 1. The number of nitrogens with zero attached hydrogens (tertiary/aromatic N) is 1. The van der Waals surface area contributed by atoms with E-state index < -0.39 is 10.0 Å². The molecule has 0 aromatic heterocycles. The lowest BCUT2D eigenvalue weighted by atomic mass is 9.83. The lowest BCUT2D eigenvalue weighted by Crippen LogP contribution is -2.47. The molecule has 1 fully saturated rings. The summed E-state index contributed by atoms with van der Waals surface area (Å²) in [7, 11) is -3.39. The van der Waals surface area contributed by atoms with Crippen LogP contribution in [-0.4, -0.2) is 37.3 Å². The Balaban J connectivity index is 1.39. The van der Waals surface area contributed by atoms with Gasteiger partial charge in [-0.3, -0.25) is 4.79 Å². The molecule has 7 heteroatoms. The Kier molecular flexibility index (Phi) is 7.10. The lowest BCUT2D eigenvalue weighted by Gasteiger charge is -2.42. The number of para-hydroxylation sites is 1. The molecule has 0 aliphatic carbocycles. The van der Waals surface area contributed by atoms with E-state index in [0.717, 1.165) is 36.1 Å². The number of carbonyl (C=O) groups is 1. The quantitative estimate of drug-likeness (QED) is 0.650. The molecular weight excluding hydrogens is 436 g/mol. The number of hydrogen-bond acceptors (Lipinski definition) is 4. The largest absolute Gasteiger partial charge is 0.487 e. The SMILES string of the molecule is CCC1(CC)CC(NC(=O)C2CCN(S(=O)(=O)Cc3ccccc3)CC2)c2ccccc2O1. The van der Waals surface area contributed by atoms with Crippen molar-refractivity contribution in [3.63, 3.8) is 0 Å². The molecule has 1 saturated heterocycles. The number of nitrogens with one attached hydrogen (secondary N) is 1. The molecule has 1 atom stereocenters. The lowest BCUT2D eigenvalue weighted by molar-refractivity contribution is -0.127. The highest BCUT2D eigenvalue weighted by atomic mass is 32.2. The topological polar surface area (TPSA) is 75.7 Å². The Bertz CT molecular complexity index is 1060. The molecule has 2 aliphatic heterocycles. The first-order valence-electron chi connectivity index (χ1n) is 12.0. The van der Waals surface area contributed by atoms with Crippen molar-refractivity contribution >= 4 is 15.9 Å². The first kappa shape index (κ1) is 23.8. The second-order valence-corrected chi connectivity index (χ2v) is 11.2. The number of piperidine rings is 1. The zero-order valence-corrected chi connectivity index (χ0v) is 20.3. The third kappa shape index (κ3) is 5.25. The van der Waals surface area contributed by atoms with E-state index in [1.807, 2.05) is 54.6 Å².